The van der Waals surface area contributed by atoms with E-state index in [0.29, 0.717) is 5.54 Å². The number of allylic oxidation sites excluding steroid dienone is 4. The Labute approximate surface area is 202 Å². The van der Waals surface area contributed by atoms with E-state index in [0.717, 1.165) is 24.3 Å². The zero-order valence-corrected chi connectivity index (χ0v) is 23.4. The van der Waals surface area contributed by atoms with Crippen LogP contribution in [0.15, 0.2) is 23.3 Å². The molecule has 0 aromatic carbocycles. The average molecular weight is 447 g/mol. The van der Waals surface area contributed by atoms with Crippen LogP contribution in [-0.2, 0) is 0 Å². The summed E-state index contributed by atoms with van der Waals surface area (Å²) in [6.07, 6.45) is 17.8. The molecule has 0 radical (unpaired) electrons. The molecule has 2 N–H and O–H groups in total. The van der Waals surface area contributed by atoms with Crippen LogP contribution < -0.4 is 10.6 Å². The van der Waals surface area contributed by atoms with E-state index in [1.54, 1.807) is 0 Å². The molecule has 1 saturated carbocycles. The second-order valence-corrected chi connectivity index (χ2v) is 12.4. The first kappa shape index (κ1) is 29.4. The normalized spacial score (nSPS) is 23.5. The zero-order valence-electron chi connectivity index (χ0n) is 23.4. The van der Waals surface area contributed by atoms with Crippen molar-refractivity contribution >= 4 is 0 Å². The van der Waals surface area contributed by atoms with Crippen LogP contribution in [0.3, 0.4) is 0 Å². The van der Waals surface area contributed by atoms with Crippen molar-refractivity contribution in [1.29, 1.82) is 0 Å². The Balaban J connectivity index is 2.29. The van der Waals surface area contributed by atoms with Gasteiger partial charge in [0.25, 0.3) is 0 Å². The molecule has 1 rings (SSSR count). The summed E-state index contributed by atoms with van der Waals surface area (Å²) in [7, 11) is 0. The van der Waals surface area contributed by atoms with Gasteiger partial charge in [0.2, 0.25) is 0 Å². The lowest BCUT2D eigenvalue weighted by atomic mass is 9.70. The largest absolute Gasteiger partial charge is 0.312 e. The van der Waals surface area contributed by atoms with Gasteiger partial charge in [-0.05, 0) is 144 Å². The highest BCUT2D eigenvalue weighted by molar-refractivity contribution is 4.96. The van der Waals surface area contributed by atoms with Crippen molar-refractivity contribution in [1.82, 2.24) is 10.6 Å². The fourth-order valence-electron chi connectivity index (χ4n) is 5.16. The lowest BCUT2D eigenvalue weighted by Crippen LogP contribution is -2.52. The summed E-state index contributed by atoms with van der Waals surface area (Å²) in [5.74, 6) is 2.41. The van der Waals surface area contributed by atoms with Crippen LogP contribution >= 0.6 is 0 Å². The molecule has 1 aliphatic rings. The van der Waals surface area contributed by atoms with Gasteiger partial charge in [0.1, 0.15) is 0 Å². The highest BCUT2D eigenvalue weighted by atomic mass is 15.0. The maximum absolute atomic E-state index is 3.95. The topological polar surface area (TPSA) is 24.1 Å². The lowest BCUT2D eigenvalue weighted by molar-refractivity contribution is 0.134. The number of hydrogen-bond donors (Lipinski definition) is 2. The zero-order chi connectivity index (χ0) is 24.2. The van der Waals surface area contributed by atoms with Crippen LogP contribution in [0.25, 0.3) is 0 Å². The van der Waals surface area contributed by atoms with E-state index in [1.807, 2.05) is 0 Å². The van der Waals surface area contributed by atoms with Gasteiger partial charge in [0.05, 0.1) is 0 Å². The minimum absolute atomic E-state index is 0.250. The molecule has 0 unspecified atom stereocenters. The third-order valence-corrected chi connectivity index (χ3v) is 7.94. The summed E-state index contributed by atoms with van der Waals surface area (Å²) < 4.78 is 0. The first-order valence-corrected chi connectivity index (χ1v) is 13.7. The van der Waals surface area contributed by atoms with Crippen LogP contribution in [0.2, 0.25) is 0 Å². The van der Waals surface area contributed by atoms with Crippen molar-refractivity contribution in [3.8, 4) is 0 Å². The molecule has 0 bridgehead atoms. The fraction of sp³-hybridized carbons (Fsp3) is 0.867. The third kappa shape index (κ3) is 12.6. The summed E-state index contributed by atoms with van der Waals surface area (Å²) in [4.78, 5) is 0. The molecule has 0 saturated heterocycles. The van der Waals surface area contributed by atoms with Gasteiger partial charge < -0.3 is 10.6 Å². The van der Waals surface area contributed by atoms with Crippen molar-refractivity contribution in [3.63, 3.8) is 0 Å². The van der Waals surface area contributed by atoms with E-state index >= 15 is 0 Å². The monoisotopic (exact) mass is 446 g/mol. The molecule has 0 spiro atoms. The van der Waals surface area contributed by atoms with Gasteiger partial charge in [-0.3, -0.25) is 0 Å². The first-order valence-electron chi connectivity index (χ1n) is 13.7. The Hall–Kier alpha value is -0.600. The summed E-state index contributed by atoms with van der Waals surface area (Å²) in [6, 6.07) is 0. The number of nitrogens with one attached hydrogen (secondary N) is 2. The van der Waals surface area contributed by atoms with Gasteiger partial charge in [-0.25, -0.2) is 0 Å². The Bertz CT molecular complexity index is 555. The van der Waals surface area contributed by atoms with Gasteiger partial charge in [-0.2, -0.15) is 0 Å². The Kier molecular flexibility index (Phi) is 13.4. The highest BCUT2D eigenvalue weighted by Gasteiger charge is 2.37. The summed E-state index contributed by atoms with van der Waals surface area (Å²) in [6.45, 7) is 23.3. The highest BCUT2D eigenvalue weighted by Crippen LogP contribution is 2.37. The van der Waals surface area contributed by atoms with E-state index in [-0.39, 0.29) is 5.54 Å². The standard InChI is InChI=1S/C30H58N2/c1-24(2)12-10-14-26(5)18-22-31-29(7,8)28-16-20-30(9,21-17-28)32-23-19-27(6)15-11-13-25(3)4/h12-13,26-28,31-32H,10-11,14-23H2,1-9H3/t26-,27+,28?,30?/m0/s1. The molecule has 0 aromatic rings. The van der Waals surface area contributed by atoms with Crippen molar-refractivity contribution in [3.05, 3.63) is 23.3 Å². The summed E-state index contributed by atoms with van der Waals surface area (Å²) in [5.41, 5.74) is 3.49. The molecule has 2 nitrogen and oxygen atoms in total. The maximum Gasteiger partial charge on any atom is 0.0153 e. The Morgan fingerprint density at radius 2 is 1.31 bits per heavy atom. The molecular formula is C30H58N2. The Morgan fingerprint density at radius 1 is 0.844 bits per heavy atom. The predicted molar refractivity (Wildman–Crippen MR) is 145 cm³/mol. The summed E-state index contributed by atoms with van der Waals surface area (Å²) >= 11 is 0. The smallest absolute Gasteiger partial charge is 0.0153 e. The number of rotatable bonds is 15. The minimum atomic E-state index is 0.250. The average Bonchev–Trinajstić information content (AvgIpc) is 2.67. The van der Waals surface area contributed by atoms with Gasteiger partial charge in [-0.15, -0.1) is 0 Å². The molecule has 188 valence electrons. The van der Waals surface area contributed by atoms with Crippen molar-refractivity contribution in [2.24, 2.45) is 17.8 Å². The van der Waals surface area contributed by atoms with E-state index in [9.17, 15) is 0 Å². The fourth-order valence-corrected chi connectivity index (χ4v) is 5.16. The SMILES string of the molecule is CC(C)=CCC[C@@H](C)CCNC1(C)CCC(C(C)(C)NCC[C@@H](C)CCC=C(C)C)CC1. The molecule has 1 aliphatic carbocycles. The van der Waals surface area contributed by atoms with Crippen LogP contribution in [0, 0.1) is 17.8 Å². The van der Waals surface area contributed by atoms with E-state index in [1.165, 1.54) is 81.9 Å². The number of hydrogen-bond acceptors (Lipinski definition) is 2. The molecule has 1 fully saturated rings. The van der Waals surface area contributed by atoms with E-state index in [4.69, 9.17) is 0 Å². The van der Waals surface area contributed by atoms with Crippen LogP contribution in [0.5, 0.6) is 0 Å². The Morgan fingerprint density at radius 3 is 1.78 bits per heavy atom. The van der Waals surface area contributed by atoms with Crippen molar-refractivity contribution < 1.29 is 0 Å². The second-order valence-electron chi connectivity index (χ2n) is 12.4. The lowest BCUT2D eigenvalue weighted by Gasteiger charge is -2.45. The molecule has 0 amide bonds. The van der Waals surface area contributed by atoms with Gasteiger partial charge in [0.15, 0.2) is 0 Å². The van der Waals surface area contributed by atoms with Gasteiger partial charge in [-0.1, -0.05) is 37.1 Å². The van der Waals surface area contributed by atoms with Crippen LogP contribution in [-0.4, -0.2) is 24.2 Å². The van der Waals surface area contributed by atoms with Crippen LogP contribution in [0.4, 0.5) is 0 Å². The van der Waals surface area contributed by atoms with Crippen LogP contribution in [0.1, 0.15) is 127 Å². The minimum Gasteiger partial charge on any atom is -0.312 e. The third-order valence-electron chi connectivity index (χ3n) is 7.94. The van der Waals surface area contributed by atoms with Gasteiger partial charge in [0, 0.05) is 11.1 Å². The van der Waals surface area contributed by atoms with Crippen molar-refractivity contribution in [2.45, 2.75) is 138 Å². The van der Waals surface area contributed by atoms with E-state index in [2.05, 4.69) is 85.1 Å². The first-order chi connectivity index (χ1) is 14.9. The van der Waals surface area contributed by atoms with Crippen molar-refractivity contribution in [2.75, 3.05) is 13.1 Å². The quantitative estimate of drug-likeness (QED) is 0.247. The maximum atomic E-state index is 3.95. The molecule has 32 heavy (non-hydrogen) atoms. The molecule has 0 aromatic heterocycles. The summed E-state index contributed by atoms with van der Waals surface area (Å²) in [5, 5.41) is 7.88. The molecule has 2 atom stereocenters. The van der Waals surface area contributed by atoms with E-state index < -0.39 is 0 Å². The van der Waals surface area contributed by atoms with Gasteiger partial charge >= 0.3 is 0 Å². The predicted octanol–water partition coefficient (Wildman–Crippen LogP) is 8.44. The second kappa shape index (κ2) is 14.6. The molecule has 2 heteroatoms. The molecule has 0 heterocycles. The molecule has 0 aliphatic heterocycles. The molecular weight excluding hydrogens is 388 g/mol.